The van der Waals surface area contributed by atoms with Crippen LogP contribution >= 0.6 is 0 Å². The molecule has 0 spiro atoms. The van der Waals surface area contributed by atoms with Crippen LogP contribution in [0.3, 0.4) is 0 Å². The maximum atomic E-state index is 5.02. The van der Waals surface area contributed by atoms with Crippen molar-refractivity contribution in [1.29, 1.82) is 0 Å². The van der Waals surface area contributed by atoms with E-state index in [4.69, 9.17) is 29.9 Å². The molecule has 41 heavy (non-hydrogen) atoms. The van der Waals surface area contributed by atoms with E-state index in [1.54, 1.807) is 0 Å². The van der Waals surface area contributed by atoms with Crippen molar-refractivity contribution in [3.63, 3.8) is 0 Å². The molecule has 0 aliphatic carbocycles. The van der Waals surface area contributed by atoms with Gasteiger partial charge in [0.25, 0.3) is 0 Å². The molecule has 0 radical (unpaired) electrons. The Morgan fingerprint density at radius 1 is 0.317 bits per heavy atom. The van der Waals surface area contributed by atoms with Gasteiger partial charge in [-0.05, 0) is 0 Å². The van der Waals surface area contributed by atoms with Crippen molar-refractivity contribution in [3.8, 4) is 45.6 Å². The Labute approximate surface area is 261 Å². The van der Waals surface area contributed by atoms with Crippen LogP contribution in [0.25, 0.3) is 89.7 Å². The van der Waals surface area contributed by atoms with Crippen molar-refractivity contribution in [2.24, 2.45) is 0 Å². The summed E-state index contributed by atoms with van der Waals surface area (Å²) in [5.74, 6) is 2.39. The van der Waals surface area contributed by atoms with Crippen molar-refractivity contribution < 1.29 is 36.9 Å². The third-order valence-corrected chi connectivity index (χ3v) is 7.46. The topological polar surface area (TPSA) is 109 Å². The van der Waals surface area contributed by atoms with E-state index < -0.39 is 0 Å². The first kappa shape index (κ1) is 24.3. The fraction of sp³-hybridized carbons (Fsp3) is 0. The van der Waals surface area contributed by atoms with Gasteiger partial charge in [0.1, 0.15) is 22.6 Å². The Balaban J connectivity index is 0.00000256. The normalized spacial score (nSPS) is 11.7. The molecule has 2 N–H and O–H groups in total. The number of H-pyrrole nitrogens is 2. The van der Waals surface area contributed by atoms with Gasteiger partial charge in [-0.1, -0.05) is 97.1 Å². The molecule has 9 rings (SSSR count). The van der Waals surface area contributed by atoms with Crippen molar-refractivity contribution in [2.75, 3.05) is 0 Å². The number of aromatic amines is 2. The quantitative estimate of drug-likeness (QED) is 0.180. The minimum atomic E-state index is 0. The van der Waals surface area contributed by atoms with Crippen molar-refractivity contribution in [2.45, 2.75) is 0 Å². The number of nitrogens with zero attached hydrogens (tertiary/aromatic N) is 6. The zero-order valence-electron chi connectivity index (χ0n) is 21.2. The molecule has 0 unspecified atom stereocenters. The van der Waals surface area contributed by atoms with Crippen molar-refractivity contribution >= 4 is 44.1 Å². The molecule has 2 aliphatic rings. The van der Waals surface area contributed by atoms with Crippen LogP contribution in [0.15, 0.2) is 97.1 Å². The summed E-state index contributed by atoms with van der Waals surface area (Å²) in [5.41, 5.74) is 6.45. The molecule has 9 heteroatoms. The van der Waals surface area contributed by atoms with Crippen LogP contribution in [0.5, 0.6) is 0 Å². The van der Waals surface area contributed by atoms with Crippen LogP contribution in [0.1, 0.15) is 0 Å². The van der Waals surface area contributed by atoms with Gasteiger partial charge in [-0.2, -0.15) is 0 Å². The molecule has 4 aromatic carbocycles. The summed E-state index contributed by atoms with van der Waals surface area (Å²) < 4.78 is 0. The molecule has 7 aromatic rings. The summed E-state index contributed by atoms with van der Waals surface area (Å²) in [6, 6.07) is 32.2. The van der Waals surface area contributed by atoms with Gasteiger partial charge in [-0.3, -0.25) is 0 Å². The predicted molar refractivity (Wildman–Crippen MR) is 156 cm³/mol. The maximum absolute atomic E-state index is 5.02. The van der Waals surface area contributed by atoms with Gasteiger partial charge >= 0.3 is 36.9 Å². The van der Waals surface area contributed by atoms with Crippen molar-refractivity contribution in [1.82, 2.24) is 39.9 Å². The second-order valence-electron chi connectivity index (χ2n) is 9.79. The van der Waals surface area contributed by atoms with E-state index in [9.17, 15) is 0 Å². The second-order valence-corrected chi connectivity index (χ2v) is 9.79. The summed E-state index contributed by atoms with van der Waals surface area (Å²) in [7, 11) is 0. The Kier molecular flexibility index (Phi) is 5.48. The Morgan fingerprint density at radius 3 is 0.829 bits per heavy atom. The number of nitrogens with one attached hydrogen (secondary N) is 2. The number of rotatable bonds is 0. The van der Waals surface area contributed by atoms with E-state index in [0.29, 0.717) is 45.9 Å². The summed E-state index contributed by atoms with van der Waals surface area (Å²) >= 11 is 0. The summed E-state index contributed by atoms with van der Waals surface area (Å²) in [4.78, 5) is 36.8. The van der Waals surface area contributed by atoms with Crippen LogP contribution in [-0.4, -0.2) is 39.9 Å². The molecule has 0 saturated carbocycles. The number of aromatic nitrogens is 8. The molecule has 8 nitrogen and oxygen atoms in total. The Hall–Kier alpha value is -4.53. The van der Waals surface area contributed by atoms with E-state index in [-0.39, 0.29) is 36.9 Å². The molecule has 5 heterocycles. The third-order valence-electron chi connectivity index (χ3n) is 7.46. The molecule has 2 aliphatic heterocycles. The van der Waals surface area contributed by atoms with Gasteiger partial charge in [0, 0.05) is 43.8 Å². The number of fused-ring (bicyclic) bond motifs is 20. The number of hydrogen-bond acceptors (Lipinski definition) is 6. The van der Waals surface area contributed by atoms with E-state index >= 15 is 0 Å². The molecule has 3 aromatic heterocycles. The van der Waals surface area contributed by atoms with Gasteiger partial charge in [0.2, 0.25) is 0 Å². The predicted octanol–water partition coefficient (Wildman–Crippen LogP) is 6.87. The molecule has 0 atom stereocenters. The molecular weight excluding hydrogens is 671 g/mol. The number of benzene rings is 4. The van der Waals surface area contributed by atoms with Gasteiger partial charge in [-0.25, -0.2) is 29.9 Å². The van der Waals surface area contributed by atoms with E-state index in [0.717, 1.165) is 43.8 Å². The standard InChI is InChI=1S/C32H18N8.Lu/c1-2-10-18-17(9-1)25-33-26(18)38-28-21-13-5-6-14-22(21)30(35-28)40-32-24-16-8-7-15-23(24)31(36-32)39-29-20-12-4-3-11-19(20)27(34-29)37-25;/h1-16H,(H2,33,34,35,36,37,38,39,40);/q;+3. The first-order valence-corrected chi connectivity index (χ1v) is 13.0. The van der Waals surface area contributed by atoms with E-state index in [1.165, 1.54) is 0 Å². The molecular formula is C32H18LuN8+3. The van der Waals surface area contributed by atoms with Crippen LogP contribution in [0, 0.1) is 36.9 Å². The Bertz CT molecular complexity index is 2030. The molecule has 0 saturated heterocycles. The van der Waals surface area contributed by atoms with Gasteiger partial charge < -0.3 is 9.97 Å². The van der Waals surface area contributed by atoms with Crippen LogP contribution < -0.4 is 0 Å². The van der Waals surface area contributed by atoms with Crippen molar-refractivity contribution in [3.05, 3.63) is 97.1 Å². The average molecular weight is 690 g/mol. The summed E-state index contributed by atoms with van der Waals surface area (Å²) in [5, 5.41) is 3.82. The zero-order valence-corrected chi connectivity index (χ0v) is 22.8. The first-order valence-electron chi connectivity index (χ1n) is 13.0. The minimum Gasteiger partial charge on any atom is -0.324 e. The van der Waals surface area contributed by atoms with Gasteiger partial charge in [0.05, 0.1) is 0 Å². The summed E-state index contributed by atoms with van der Waals surface area (Å²) in [6.45, 7) is 0. The molecule has 0 amide bonds. The van der Waals surface area contributed by atoms with E-state index in [2.05, 4.69) is 9.97 Å². The third kappa shape index (κ3) is 3.71. The van der Waals surface area contributed by atoms with Gasteiger partial charge in [-0.15, -0.1) is 0 Å². The molecule has 198 valence electrons. The van der Waals surface area contributed by atoms with Crippen LogP contribution in [0.4, 0.5) is 0 Å². The van der Waals surface area contributed by atoms with Gasteiger partial charge in [0.15, 0.2) is 23.3 Å². The first-order chi connectivity index (χ1) is 19.8. The van der Waals surface area contributed by atoms with Crippen LogP contribution in [-0.2, 0) is 0 Å². The maximum Gasteiger partial charge on any atom is 3.00 e. The fourth-order valence-electron chi connectivity index (χ4n) is 5.59. The zero-order chi connectivity index (χ0) is 26.2. The molecule has 8 bridgehead atoms. The second kappa shape index (κ2) is 9.26. The fourth-order valence-corrected chi connectivity index (χ4v) is 5.59. The SMILES string of the molecule is [Lu+3].c1ccc2c(c1)-c1nc-2nc2[nH]c(nc3nc(nc4[nH]c(n1)c1ccccc41)-c1ccccc1-3)c1ccccc21. The molecule has 0 fully saturated rings. The Morgan fingerprint density at radius 2 is 0.561 bits per heavy atom. The van der Waals surface area contributed by atoms with E-state index in [1.807, 2.05) is 97.1 Å². The largest absolute Gasteiger partial charge is 3.00 e. The average Bonchev–Trinajstić information content (AvgIpc) is 3.73. The summed E-state index contributed by atoms with van der Waals surface area (Å²) in [6.07, 6.45) is 0. The smallest absolute Gasteiger partial charge is 0.324 e. The van der Waals surface area contributed by atoms with Crippen LogP contribution in [0.2, 0.25) is 0 Å². The number of hydrogen-bond donors (Lipinski definition) is 2. The minimum absolute atomic E-state index is 0. The monoisotopic (exact) mass is 689 g/mol.